The highest BCUT2D eigenvalue weighted by atomic mass is 19.1. The first-order valence-corrected chi connectivity index (χ1v) is 8.05. The van der Waals surface area contributed by atoms with E-state index in [4.69, 9.17) is 5.73 Å². The molecule has 3 nitrogen and oxygen atoms in total. The lowest BCUT2D eigenvalue weighted by atomic mass is 9.90. The molecule has 2 rings (SSSR count). The van der Waals surface area contributed by atoms with Crippen molar-refractivity contribution in [3.05, 3.63) is 35.6 Å². The number of nitrogens with zero attached hydrogens (tertiary/aromatic N) is 1. The second-order valence-electron chi connectivity index (χ2n) is 5.97. The normalized spacial score (nSPS) is 23.0. The third-order valence-corrected chi connectivity index (χ3v) is 4.56. The zero-order chi connectivity index (χ0) is 15.2. The summed E-state index contributed by atoms with van der Waals surface area (Å²) in [5.41, 5.74) is 7.31. The van der Waals surface area contributed by atoms with Gasteiger partial charge in [-0.2, -0.15) is 0 Å². The molecule has 1 saturated heterocycles. The number of likely N-dealkylation sites (tertiary alicyclic amines) is 1. The summed E-state index contributed by atoms with van der Waals surface area (Å²) in [6.45, 7) is 3.24. The molecule has 1 aliphatic rings. The smallest absolute Gasteiger partial charge is 0.123 e. The van der Waals surface area contributed by atoms with Crippen LogP contribution in [0.1, 0.15) is 50.6 Å². The standard InChI is InChI=1S/C17H27FN2O/c1-2-16(19)17(13-6-5-7-14(18)12-13)20-10-4-3-8-15(20)9-11-21/h5-7,12,15-17,21H,2-4,8-11,19H2,1H3. The number of aliphatic hydroxyl groups excluding tert-OH is 1. The Morgan fingerprint density at radius 2 is 2.24 bits per heavy atom. The molecule has 0 aromatic heterocycles. The van der Waals surface area contributed by atoms with E-state index in [0.717, 1.165) is 37.8 Å². The average Bonchev–Trinajstić information content (AvgIpc) is 2.49. The molecule has 0 saturated carbocycles. The Morgan fingerprint density at radius 1 is 1.43 bits per heavy atom. The van der Waals surface area contributed by atoms with Crippen molar-refractivity contribution >= 4 is 0 Å². The van der Waals surface area contributed by atoms with E-state index < -0.39 is 0 Å². The van der Waals surface area contributed by atoms with E-state index in [1.165, 1.54) is 12.5 Å². The van der Waals surface area contributed by atoms with Gasteiger partial charge in [-0.1, -0.05) is 25.5 Å². The van der Waals surface area contributed by atoms with E-state index >= 15 is 0 Å². The number of hydrogen-bond acceptors (Lipinski definition) is 3. The van der Waals surface area contributed by atoms with Gasteiger partial charge < -0.3 is 10.8 Å². The second-order valence-corrected chi connectivity index (χ2v) is 5.97. The molecule has 1 fully saturated rings. The summed E-state index contributed by atoms with van der Waals surface area (Å²) in [5.74, 6) is -0.212. The van der Waals surface area contributed by atoms with Crippen molar-refractivity contribution in [2.45, 2.75) is 57.2 Å². The van der Waals surface area contributed by atoms with Crippen LogP contribution in [0.2, 0.25) is 0 Å². The summed E-state index contributed by atoms with van der Waals surface area (Å²) in [7, 11) is 0. The number of hydrogen-bond donors (Lipinski definition) is 2. The first kappa shape index (κ1) is 16.4. The van der Waals surface area contributed by atoms with Gasteiger partial charge in [-0.25, -0.2) is 4.39 Å². The molecule has 118 valence electrons. The van der Waals surface area contributed by atoms with Gasteiger partial charge in [0.05, 0.1) is 6.04 Å². The van der Waals surface area contributed by atoms with Gasteiger partial charge in [0, 0.05) is 18.7 Å². The van der Waals surface area contributed by atoms with Crippen molar-refractivity contribution in [1.29, 1.82) is 0 Å². The fourth-order valence-electron chi connectivity index (χ4n) is 3.45. The lowest BCUT2D eigenvalue weighted by Crippen LogP contribution is -2.48. The molecule has 1 aliphatic heterocycles. The number of rotatable bonds is 6. The van der Waals surface area contributed by atoms with Crippen LogP contribution in [0, 0.1) is 5.82 Å². The van der Waals surface area contributed by atoms with Gasteiger partial charge in [0.1, 0.15) is 5.82 Å². The van der Waals surface area contributed by atoms with Crippen LogP contribution in [0.4, 0.5) is 4.39 Å². The first-order valence-electron chi connectivity index (χ1n) is 8.05. The van der Waals surface area contributed by atoms with E-state index in [2.05, 4.69) is 11.8 Å². The largest absolute Gasteiger partial charge is 0.396 e. The summed E-state index contributed by atoms with van der Waals surface area (Å²) < 4.78 is 13.6. The number of piperidine rings is 1. The number of halogens is 1. The van der Waals surface area contributed by atoms with Gasteiger partial charge in [0.2, 0.25) is 0 Å². The van der Waals surface area contributed by atoms with Crippen molar-refractivity contribution in [2.75, 3.05) is 13.2 Å². The molecule has 0 amide bonds. The molecule has 0 bridgehead atoms. The number of aliphatic hydroxyl groups is 1. The van der Waals surface area contributed by atoms with Crippen molar-refractivity contribution in [1.82, 2.24) is 4.90 Å². The zero-order valence-electron chi connectivity index (χ0n) is 12.8. The monoisotopic (exact) mass is 294 g/mol. The second kappa shape index (κ2) is 7.87. The van der Waals surface area contributed by atoms with E-state index in [1.807, 2.05) is 6.07 Å². The van der Waals surface area contributed by atoms with Crippen molar-refractivity contribution in [3.63, 3.8) is 0 Å². The van der Waals surface area contributed by atoms with Crippen molar-refractivity contribution < 1.29 is 9.50 Å². The lowest BCUT2D eigenvalue weighted by molar-refractivity contribution is 0.0618. The van der Waals surface area contributed by atoms with Crippen LogP contribution < -0.4 is 5.73 Å². The molecular formula is C17H27FN2O. The van der Waals surface area contributed by atoms with Crippen LogP contribution in [-0.4, -0.2) is 35.2 Å². The Morgan fingerprint density at radius 3 is 2.90 bits per heavy atom. The van der Waals surface area contributed by atoms with Gasteiger partial charge >= 0.3 is 0 Å². The van der Waals surface area contributed by atoms with E-state index in [0.29, 0.717) is 6.04 Å². The minimum atomic E-state index is -0.212. The molecule has 4 heteroatoms. The van der Waals surface area contributed by atoms with Gasteiger partial charge in [-0.3, -0.25) is 4.90 Å². The maximum absolute atomic E-state index is 13.6. The third-order valence-electron chi connectivity index (χ3n) is 4.56. The minimum Gasteiger partial charge on any atom is -0.396 e. The van der Waals surface area contributed by atoms with Gasteiger partial charge in [-0.15, -0.1) is 0 Å². The minimum absolute atomic E-state index is 0.0221. The van der Waals surface area contributed by atoms with Crippen molar-refractivity contribution in [2.24, 2.45) is 5.73 Å². The predicted molar refractivity (Wildman–Crippen MR) is 83.5 cm³/mol. The summed E-state index contributed by atoms with van der Waals surface area (Å²) in [6.07, 6.45) is 5.04. The van der Waals surface area contributed by atoms with Crippen LogP contribution >= 0.6 is 0 Å². The highest BCUT2D eigenvalue weighted by Crippen LogP contribution is 2.33. The highest BCUT2D eigenvalue weighted by Gasteiger charge is 2.32. The predicted octanol–water partition coefficient (Wildman–Crippen LogP) is 2.84. The van der Waals surface area contributed by atoms with Gasteiger partial charge in [0.25, 0.3) is 0 Å². The molecule has 21 heavy (non-hydrogen) atoms. The third kappa shape index (κ3) is 4.02. The van der Waals surface area contributed by atoms with E-state index in [1.54, 1.807) is 12.1 Å². The Bertz CT molecular complexity index is 439. The molecule has 0 aliphatic carbocycles. The zero-order valence-corrected chi connectivity index (χ0v) is 12.8. The summed E-state index contributed by atoms with van der Waals surface area (Å²) >= 11 is 0. The Labute approximate surface area is 126 Å². The number of benzene rings is 1. The topological polar surface area (TPSA) is 49.5 Å². The molecular weight excluding hydrogens is 267 g/mol. The van der Waals surface area contributed by atoms with Crippen LogP contribution in [-0.2, 0) is 0 Å². The Kier molecular flexibility index (Phi) is 6.15. The highest BCUT2D eigenvalue weighted by molar-refractivity contribution is 5.22. The fraction of sp³-hybridized carbons (Fsp3) is 0.647. The summed E-state index contributed by atoms with van der Waals surface area (Å²) in [6, 6.07) is 7.15. The SMILES string of the molecule is CCC(N)C(c1cccc(F)c1)N1CCCCC1CCO. The quantitative estimate of drug-likeness (QED) is 0.848. The molecule has 3 N–H and O–H groups in total. The molecule has 0 spiro atoms. The summed E-state index contributed by atoms with van der Waals surface area (Å²) in [5, 5.41) is 9.31. The number of nitrogens with two attached hydrogens (primary N) is 1. The van der Waals surface area contributed by atoms with E-state index in [-0.39, 0.29) is 24.5 Å². The molecule has 3 atom stereocenters. The van der Waals surface area contributed by atoms with Crippen molar-refractivity contribution in [3.8, 4) is 0 Å². The fourth-order valence-corrected chi connectivity index (χ4v) is 3.45. The van der Waals surface area contributed by atoms with Crippen LogP contribution in [0.15, 0.2) is 24.3 Å². The maximum atomic E-state index is 13.6. The molecule has 1 heterocycles. The van der Waals surface area contributed by atoms with Crippen LogP contribution in [0.25, 0.3) is 0 Å². The maximum Gasteiger partial charge on any atom is 0.123 e. The molecule has 1 aromatic rings. The van der Waals surface area contributed by atoms with Gasteiger partial charge in [0.15, 0.2) is 0 Å². The van der Waals surface area contributed by atoms with Crippen LogP contribution in [0.3, 0.4) is 0 Å². The Hall–Kier alpha value is -0.970. The summed E-state index contributed by atoms with van der Waals surface area (Å²) in [4.78, 5) is 2.39. The Balaban J connectivity index is 2.29. The van der Waals surface area contributed by atoms with E-state index in [9.17, 15) is 9.50 Å². The average molecular weight is 294 g/mol. The lowest BCUT2D eigenvalue weighted by Gasteiger charge is -2.43. The molecule has 1 aromatic carbocycles. The molecule has 3 unspecified atom stereocenters. The first-order chi connectivity index (χ1) is 10.2. The molecule has 0 radical (unpaired) electrons. The van der Waals surface area contributed by atoms with Gasteiger partial charge in [-0.05, 0) is 49.9 Å². The van der Waals surface area contributed by atoms with Crippen LogP contribution in [0.5, 0.6) is 0 Å².